The molecule has 0 aliphatic carbocycles. The van der Waals surface area contributed by atoms with Gasteiger partial charge in [0.2, 0.25) is 0 Å². The van der Waals surface area contributed by atoms with Crippen LogP contribution in [0.15, 0.2) is 46.7 Å². The third kappa shape index (κ3) is 2.95. The molecule has 1 aromatic heterocycles. The molecule has 0 saturated heterocycles. The monoisotopic (exact) mass is 266 g/mol. The summed E-state index contributed by atoms with van der Waals surface area (Å²) in [5.41, 5.74) is 0.165. The van der Waals surface area contributed by atoms with Crippen LogP contribution in [-0.4, -0.2) is 21.0 Å². The van der Waals surface area contributed by atoms with Gasteiger partial charge in [0.25, 0.3) is 0 Å². The first kappa shape index (κ1) is 11.9. The average Bonchev–Trinajstić information content (AvgIpc) is 2.33. The van der Waals surface area contributed by atoms with Crippen molar-refractivity contribution in [1.82, 2.24) is 9.97 Å². The van der Waals surface area contributed by atoms with E-state index in [1.54, 1.807) is 24.7 Å². The third-order valence-electron chi connectivity index (χ3n) is 1.93. The van der Waals surface area contributed by atoms with Crippen LogP contribution >= 0.6 is 23.4 Å². The first-order valence-electron chi connectivity index (χ1n) is 4.63. The van der Waals surface area contributed by atoms with Crippen LogP contribution in [0, 0.1) is 0 Å². The van der Waals surface area contributed by atoms with Gasteiger partial charge in [0.1, 0.15) is 5.03 Å². The highest BCUT2D eigenvalue weighted by atomic mass is 35.5. The summed E-state index contributed by atoms with van der Waals surface area (Å²) in [5, 5.41) is 9.90. The Morgan fingerprint density at radius 3 is 2.76 bits per heavy atom. The third-order valence-corrected chi connectivity index (χ3v) is 3.35. The van der Waals surface area contributed by atoms with E-state index in [2.05, 4.69) is 9.97 Å². The molecular weight excluding hydrogens is 260 g/mol. The molecule has 0 radical (unpaired) electrons. The first-order chi connectivity index (χ1) is 8.16. The Balaban J connectivity index is 2.26. The Morgan fingerprint density at radius 1 is 1.35 bits per heavy atom. The molecule has 0 unspecified atom stereocenters. The Bertz CT molecular complexity index is 548. The summed E-state index contributed by atoms with van der Waals surface area (Å²) in [5.74, 6) is -0.997. The van der Waals surface area contributed by atoms with E-state index in [1.807, 2.05) is 0 Å². The predicted octanol–water partition coefficient (Wildman–Crippen LogP) is 2.98. The zero-order valence-corrected chi connectivity index (χ0v) is 10.1. The van der Waals surface area contributed by atoms with Gasteiger partial charge in [-0.25, -0.2) is 9.78 Å². The SMILES string of the molecule is O=C(O)c1ccc(Sc2cnccn2)c(Cl)c1. The maximum absolute atomic E-state index is 10.7. The lowest BCUT2D eigenvalue weighted by Crippen LogP contribution is -1.95. The lowest BCUT2D eigenvalue weighted by Gasteiger charge is -2.03. The van der Waals surface area contributed by atoms with Gasteiger partial charge in [0, 0.05) is 17.3 Å². The molecule has 0 atom stereocenters. The highest BCUT2D eigenvalue weighted by molar-refractivity contribution is 7.99. The molecule has 1 heterocycles. The van der Waals surface area contributed by atoms with Gasteiger partial charge >= 0.3 is 5.97 Å². The number of benzene rings is 1. The summed E-state index contributed by atoms with van der Waals surface area (Å²) in [6.45, 7) is 0. The van der Waals surface area contributed by atoms with Crippen LogP contribution in [0.25, 0.3) is 0 Å². The fourth-order valence-electron chi connectivity index (χ4n) is 1.17. The highest BCUT2D eigenvalue weighted by Crippen LogP contribution is 2.32. The number of halogens is 1. The predicted molar refractivity (Wildman–Crippen MR) is 64.6 cm³/mol. The van der Waals surface area contributed by atoms with E-state index < -0.39 is 5.97 Å². The van der Waals surface area contributed by atoms with E-state index in [9.17, 15) is 4.79 Å². The van der Waals surface area contributed by atoms with Gasteiger partial charge in [-0.05, 0) is 18.2 Å². The molecule has 1 aromatic carbocycles. The molecule has 0 aliphatic rings. The van der Waals surface area contributed by atoms with E-state index in [-0.39, 0.29) is 5.56 Å². The standard InChI is InChI=1S/C11H7ClN2O2S/c12-8-5-7(11(15)16)1-2-9(8)17-10-6-13-3-4-14-10/h1-6H,(H,15,16). The van der Waals surface area contributed by atoms with Gasteiger partial charge < -0.3 is 5.11 Å². The normalized spacial score (nSPS) is 10.2. The minimum absolute atomic E-state index is 0.165. The molecule has 86 valence electrons. The molecule has 0 bridgehead atoms. The number of carbonyl (C=O) groups is 1. The van der Waals surface area contributed by atoms with Gasteiger partial charge in [0.05, 0.1) is 16.8 Å². The Kier molecular flexibility index (Phi) is 3.61. The summed E-state index contributed by atoms with van der Waals surface area (Å²) >= 11 is 7.33. The van der Waals surface area contributed by atoms with Crippen molar-refractivity contribution >= 4 is 29.3 Å². The molecule has 2 rings (SSSR count). The van der Waals surface area contributed by atoms with Crippen molar-refractivity contribution in [2.24, 2.45) is 0 Å². The number of hydrogen-bond donors (Lipinski definition) is 1. The minimum atomic E-state index is -0.997. The topological polar surface area (TPSA) is 63.1 Å². The number of aromatic carboxylic acids is 1. The lowest BCUT2D eigenvalue weighted by atomic mass is 10.2. The van der Waals surface area contributed by atoms with Gasteiger partial charge in [-0.1, -0.05) is 23.4 Å². The van der Waals surface area contributed by atoms with E-state index in [0.29, 0.717) is 10.0 Å². The number of carboxylic acids is 1. The molecule has 4 nitrogen and oxygen atoms in total. The Morgan fingerprint density at radius 2 is 2.18 bits per heavy atom. The molecule has 6 heteroatoms. The summed E-state index contributed by atoms with van der Waals surface area (Å²) in [6, 6.07) is 4.58. The average molecular weight is 267 g/mol. The molecular formula is C11H7ClN2O2S. The van der Waals surface area contributed by atoms with Crippen molar-refractivity contribution in [3.8, 4) is 0 Å². The van der Waals surface area contributed by atoms with Gasteiger partial charge in [0.15, 0.2) is 0 Å². The minimum Gasteiger partial charge on any atom is -0.478 e. The molecule has 0 aliphatic heterocycles. The molecule has 0 amide bonds. The van der Waals surface area contributed by atoms with Gasteiger partial charge in [-0.3, -0.25) is 4.98 Å². The zero-order chi connectivity index (χ0) is 12.3. The second-order valence-corrected chi connectivity index (χ2v) is 4.57. The van der Waals surface area contributed by atoms with Crippen molar-refractivity contribution < 1.29 is 9.90 Å². The largest absolute Gasteiger partial charge is 0.478 e. The van der Waals surface area contributed by atoms with Crippen molar-refractivity contribution in [1.29, 1.82) is 0 Å². The van der Waals surface area contributed by atoms with E-state index >= 15 is 0 Å². The van der Waals surface area contributed by atoms with Crippen LogP contribution in [-0.2, 0) is 0 Å². The highest BCUT2D eigenvalue weighted by Gasteiger charge is 2.08. The number of rotatable bonds is 3. The lowest BCUT2D eigenvalue weighted by molar-refractivity contribution is 0.0697. The van der Waals surface area contributed by atoms with Crippen LogP contribution in [0.2, 0.25) is 5.02 Å². The van der Waals surface area contributed by atoms with Gasteiger partial charge in [-0.15, -0.1) is 0 Å². The zero-order valence-electron chi connectivity index (χ0n) is 8.50. The Hall–Kier alpha value is -1.59. The molecule has 17 heavy (non-hydrogen) atoms. The summed E-state index contributed by atoms with van der Waals surface area (Å²) < 4.78 is 0. The number of carboxylic acid groups (broad SMARTS) is 1. The second kappa shape index (κ2) is 5.16. The van der Waals surface area contributed by atoms with E-state index in [1.165, 1.54) is 23.9 Å². The smallest absolute Gasteiger partial charge is 0.335 e. The maximum Gasteiger partial charge on any atom is 0.335 e. The maximum atomic E-state index is 10.7. The summed E-state index contributed by atoms with van der Waals surface area (Å²) in [6.07, 6.45) is 4.78. The molecule has 0 saturated carbocycles. The van der Waals surface area contributed by atoms with Crippen LogP contribution in [0.4, 0.5) is 0 Å². The summed E-state index contributed by atoms with van der Waals surface area (Å²) in [7, 11) is 0. The second-order valence-electron chi connectivity index (χ2n) is 3.10. The Labute approximate surface area is 107 Å². The number of hydrogen-bond acceptors (Lipinski definition) is 4. The van der Waals surface area contributed by atoms with E-state index in [4.69, 9.17) is 16.7 Å². The van der Waals surface area contributed by atoms with Crippen molar-refractivity contribution in [2.45, 2.75) is 9.92 Å². The van der Waals surface area contributed by atoms with Gasteiger partial charge in [-0.2, -0.15) is 0 Å². The number of nitrogens with zero attached hydrogens (tertiary/aromatic N) is 2. The number of aromatic nitrogens is 2. The van der Waals surface area contributed by atoms with Crippen molar-refractivity contribution in [2.75, 3.05) is 0 Å². The molecule has 0 spiro atoms. The van der Waals surface area contributed by atoms with Crippen LogP contribution < -0.4 is 0 Å². The van der Waals surface area contributed by atoms with Crippen LogP contribution in [0.1, 0.15) is 10.4 Å². The van der Waals surface area contributed by atoms with Crippen LogP contribution in [0.5, 0.6) is 0 Å². The quantitative estimate of drug-likeness (QED) is 0.925. The fourth-order valence-corrected chi connectivity index (χ4v) is 2.21. The first-order valence-corrected chi connectivity index (χ1v) is 5.83. The van der Waals surface area contributed by atoms with Crippen molar-refractivity contribution in [3.63, 3.8) is 0 Å². The van der Waals surface area contributed by atoms with E-state index in [0.717, 1.165) is 4.90 Å². The fraction of sp³-hybridized carbons (Fsp3) is 0. The molecule has 1 N–H and O–H groups in total. The summed E-state index contributed by atoms with van der Waals surface area (Å²) in [4.78, 5) is 19.5. The van der Waals surface area contributed by atoms with Crippen LogP contribution in [0.3, 0.4) is 0 Å². The van der Waals surface area contributed by atoms with Crippen molar-refractivity contribution in [3.05, 3.63) is 47.4 Å². The molecule has 0 fully saturated rings. The molecule has 2 aromatic rings.